The maximum Gasteiger partial charge on any atom is 0.105 e. The molecule has 0 bridgehead atoms. The summed E-state index contributed by atoms with van der Waals surface area (Å²) in [7, 11) is 0. The average molecular weight is 452 g/mol. The Morgan fingerprint density at radius 2 is 1.56 bits per heavy atom. The van der Waals surface area contributed by atoms with Gasteiger partial charge in [0, 0.05) is 11.4 Å². The molecule has 3 nitrogen and oxygen atoms in total. The van der Waals surface area contributed by atoms with Gasteiger partial charge in [-0.3, -0.25) is 0 Å². The van der Waals surface area contributed by atoms with Crippen LogP contribution in [-0.4, -0.2) is 11.4 Å². The highest BCUT2D eigenvalue weighted by atomic mass is 15.0. The van der Waals surface area contributed by atoms with Crippen LogP contribution in [0.4, 0.5) is 11.4 Å². The number of aryl methyl sites for hydroxylation is 4. The molecule has 0 fully saturated rings. The van der Waals surface area contributed by atoms with Gasteiger partial charge in [0.15, 0.2) is 0 Å². The van der Waals surface area contributed by atoms with Gasteiger partial charge >= 0.3 is 0 Å². The monoisotopic (exact) mass is 451 g/mol. The Kier molecular flexibility index (Phi) is 6.74. The van der Waals surface area contributed by atoms with E-state index in [4.69, 9.17) is 9.98 Å². The molecule has 0 saturated carbocycles. The first-order chi connectivity index (χ1) is 16.3. The van der Waals surface area contributed by atoms with Crippen LogP contribution >= 0.6 is 0 Å². The zero-order chi connectivity index (χ0) is 24.5. The predicted molar refractivity (Wildman–Crippen MR) is 148 cm³/mol. The Labute approximate surface area is 205 Å². The molecule has 0 spiro atoms. The molecule has 4 rings (SSSR count). The van der Waals surface area contributed by atoms with Crippen molar-refractivity contribution in [3.63, 3.8) is 0 Å². The average Bonchev–Trinajstić information content (AvgIpc) is 3.09. The van der Waals surface area contributed by atoms with Gasteiger partial charge in [0.1, 0.15) is 5.70 Å². The number of hydrogen-bond donors (Lipinski definition) is 1. The molecular formula is C31H37N3. The number of nitrogens with zero attached hydrogens (tertiary/aromatic N) is 2. The summed E-state index contributed by atoms with van der Waals surface area (Å²) in [6, 6.07) is 12.8. The summed E-state index contributed by atoms with van der Waals surface area (Å²) in [5.74, 6) is 0. The number of fused-ring (bicyclic) bond motifs is 1. The molecule has 2 aliphatic rings. The van der Waals surface area contributed by atoms with E-state index in [0.717, 1.165) is 47.8 Å². The molecule has 2 aromatic rings. The van der Waals surface area contributed by atoms with Crippen molar-refractivity contribution < 1.29 is 0 Å². The number of aliphatic imine (C=N–C) groups is 2. The van der Waals surface area contributed by atoms with Crippen molar-refractivity contribution in [1.29, 1.82) is 0 Å². The second-order valence-corrected chi connectivity index (χ2v) is 9.89. The Bertz CT molecular complexity index is 1230. The smallest absolute Gasteiger partial charge is 0.105 e. The van der Waals surface area contributed by atoms with Gasteiger partial charge in [-0.15, -0.1) is 0 Å². The van der Waals surface area contributed by atoms with E-state index in [0.29, 0.717) is 0 Å². The SMILES string of the molecule is CCCC/C(Nc1c(C)cccc1C)=C1\N=C2C(C)=CC=C[C@@]2(C)C1=Nc1c(C)cccc1C. The summed E-state index contributed by atoms with van der Waals surface area (Å²) in [5, 5.41) is 3.83. The van der Waals surface area contributed by atoms with Gasteiger partial charge in [0.2, 0.25) is 0 Å². The lowest BCUT2D eigenvalue weighted by Crippen LogP contribution is -2.32. The number of allylic oxidation sites excluding steroid dienone is 6. The maximum absolute atomic E-state index is 5.37. The van der Waals surface area contributed by atoms with Crippen LogP contribution in [0.15, 0.2) is 81.6 Å². The van der Waals surface area contributed by atoms with E-state index in [2.05, 4.69) is 108 Å². The predicted octanol–water partition coefficient (Wildman–Crippen LogP) is 8.48. The van der Waals surface area contributed by atoms with E-state index in [9.17, 15) is 0 Å². The Balaban J connectivity index is 1.97. The maximum atomic E-state index is 5.37. The first-order valence-corrected chi connectivity index (χ1v) is 12.4. The molecular weight excluding hydrogens is 414 g/mol. The summed E-state index contributed by atoms with van der Waals surface area (Å²) < 4.78 is 0. The van der Waals surface area contributed by atoms with Crippen molar-refractivity contribution in [3.05, 3.63) is 93.8 Å². The normalized spacial score (nSPS) is 21.9. The number of unbranched alkanes of at least 4 members (excludes halogenated alkanes) is 1. The van der Waals surface area contributed by atoms with Crippen LogP contribution in [0.25, 0.3) is 0 Å². The summed E-state index contributed by atoms with van der Waals surface area (Å²) >= 11 is 0. The molecule has 1 N–H and O–H groups in total. The van der Waals surface area contributed by atoms with Crippen molar-refractivity contribution in [1.82, 2.24) is 0 Å². The van der Waals surface area contributed by atoms with Crippen LogP contribution in [0.5, 0.6) is 0 Å². The highest BCUT2D eigenvalue weighted by Crippen LogP contribution is 2.43. The summed E-state index contributed by atoms with van der Waals surface area (Å²) in [4.78, 5) is 10.7. The molecule has 0 amide bonds. The molecule has 3 heteroatoms. The van der Waals surface area contributed by atoms with Crippen LogP contribution in [0.2, 0.25) is 0 Å². The van der Waals surface area contributed by atoms with Crippen molar-refractivity contribution >= 4 is 22.8 Å². The lowest BCUT2D eigenvalue weighted by atomic mass is 9.75. The molecule has 2 aromatic carbocycles. The number of hydrogen-bond acceptors (Lipinski definition) is 3. The minimum atomic E-state index is -0.344. The molecule has 0 radical (unpaired) electrons. The molecule has 1 aliphatic heterocycles. The van der Waals surface area contributed by atoms with E-state index < -0.39 is 0 Å². The molecule has 176 valence electrons. The first-order valence-electron chi connectivity index (χ1n) is 12.4. The minimum absolute atomic E-state index is 0.344. The van der Waals surface area contributed by atoms with Crippen LogP contribution in [0, 0.1) is 33.1 Å². The molecule has 34 heavy (non-hydrogen) atoms. The van der Waals surface area contributed by atoms with Crippen LogP contribution in [-0.2, 0) is 0 Å². The third-order valence-electron chi connectivity index (χ3n) is 7.07. The molecule has 0 aromatic heterocycles. The third-order valence-corrected chi connectivity index (χ3v) is 7.07. The summed E-state index contributed by atoms with van der Waals surface area (Å²) in [5.41, 5.74) is 12.2. The number of benzene rings is 2. The largest absolute Gasteiger partial charge is 0.357 e. The Morgan fingerprint density at radius 3 is 2.18 bits per heavy atom. The summed E-state index contributed by atoms with van der Waals surface area (Å²) in [6.45, 7) is 15.3. The van der Waals surface area contributed by atoms with Gasteiger partial charge in [-0.2, -0.15) is 0 Å². The van der Waals surface area contributed by atoms with E-state index in [-0.39, 0.29) is 5.41 Å². The van der Waals surface area contributed by atoms with Gasteiger partial charge in [-0.05, 0) is 82.2 Å². The van der Waals surface area contributed by atoms with Gasteiger partial charge < -0.3 is 5.32 Å². The molecule has 1 heterocycles. The van der Waals surface area contributed by atoms with E-state index in [1.807, 2.05) is 0 Å². The molecule has 1 aliphatic carbocycles. The number of anilines is 1. The fourth-order valence-electron chi connectivity index (χ4n) is 4.99. The number of rotatable bonds is 6. The van der Waals surface area contributed by atoms with Crippen molar-refractivity contribution in [2.24, 2.45) is 15.4 Å². The van der Waals surface area contributed by atoms with Gasteiger partial charge in [0.25, 0.3) is 0 Å². The van der Waals surface area contributed by atoms with E-state index >= 15 is 0 Å². The van der Waals surface area contributed by atoms with Gasteiger partial charge in [-0.1, -0.05) is 68.0 Å². The van der Waals surface area contributed by atoms with Gasteiger partial charge in [-0.25, -0.2) is 9.98 Å². The van der Waals surface area contributed by atoms with E-state index in [1.54, 1.807) is 0 Å². The highest BCUT2D eigenvalue weighted by molar-refractivity contribution is 6.31. The topological polar surface area (TPSA) is 36.8 Å². The lowest BCUT2D eigenvalue weighted by Gasteiger charge is -2.27. The third kappa shape index (κ3) is 4.32. The van der Waals surface area contributed by atoms with E-state index in [1.165, 1.54) is 33.5 Å². The number of para-hydroxylation sites is 2. The highest BCUT2D eigenvalue weighted by Gasteiger charge is 2.44. The second-order valence-electron chi connectivity index (χ2n) is 9.89. The van der Waals surface area contributed by atoms with Crippen LogP contribution < -0.4 is 5.32 Å². The zero-order valence-electron chi connectivity index (χ0n) is 21.7. The molecule has 0 unspecified atom stereocenters. The van der Waals surface area contributed by atoms with Crippen LogP contribution in [0.3, 0.4) is 0 Å². The Morgan fingerprint density at radius 1 is 0.941 bits per heavy atom. The minimum Gasteiger partial charge on any atom is -0.357 e. The molecule has 0 saturated heterocycles. The summed E-state index contributed by atoms with van der Waals surface area (Å²) in [6.07, 6.45) is 9.73. The first kappa shape index (κ1) is 23.9. The fraction of sp³-hybridized carbons (Fsp3) is 0.355. The van der Waals surface area contributed by atoms with Crippen molar-refractivity contribution in [3.8, 4) is 0 Å². The van der Waals surface area contributed by atoms with Crippen molar-refractivity contribution in [2.45, 2.75) is 67.7 Å². The fourth-order valence-corrected chi connectivity index (χ4v) is 4.99. The standard InChI is InChI=1S/C31H37N3/c1-8-9-18-25(32-26-20(2)13-10-14-21(26)3)28-30(33-27-22(4)15-11-16-23(27)5)31(7)19-12-17-24(6)29(31)34-28/h10-17,19,32H,8-9,18H2,1-7H3/b28-25+,33-30?/t31-/m1/s1. The van der Waals surface area contributed by atoms with Gasteiger partial charge in [0.05, 0.1) is 22.5 Å². The zero-order valence-corrected chi connectivity index (χ0v) is 21.7. The Hall–Kier alpha value is -3.20. The molecule has 1 atom stereocenters. The van der Waals surface area contributed by atoms with Crippen LogP contribution in [0.1, 0.15) is 62.3 Å². The quantitative estimate of drug-likeness (QED) is 0.470. The second kappa shape index (κ2) is 9.58. The lowest BCUT2D eigenvalue weighted by molar-refractivity contribution is 0.784. The van der Waals surface area contributed by atoms with Crippen molar-refractivity contribution in [2.75, 3.05) is 5.32 Å². The number of nitrogens with one attached hydrogen (secondary N) is 1.